The summed E-state index contributed by atoms with van der Waals surface area (Å²) in [6.45, 7) is 5.28. The number of aromatic nitrogens is 5. The molecule has 1 amide bonds. The molecule has 2 aliphatic rings. The van der Waals surface area contributed by atoms with Crippen molar-refractivity contribution in [2.24, 2.45) is 5.92 Å². The standard InChI is InChI=1S/C31H32FN7O3/c1-3-18(2)22-7-5-4-6-19(22)10-12-33-30(40)24-14-25(20-8-9-20)39-26(35-24)15-23(37-39)28-29(32)36-27(16-34-28)38-13-11-21(17-38)31(41)42/h3-7,14-16,20-21H,8-13,17H2,1-2H3,(H,33,40)(H,41,42)/b18-3-/t21-/m0/s1. The van der Waals surface area contributed by atoms with Gasteiger partial charge in [0.25, 0.3) is 5.91 Å². The van der Waals surface area contributed by atoms with Crippen molar-refractivity contribution in [2.45, 2.75) is 45.4 Å². The largest absolute Gasteiger partial charge is 0.481 e. The molecule has 1 aliphatic carbocycles. The highest BCUT2D eigenvalue weighted by molar-refractivity contribution is 5.93. The molecule has 4 aromatic rings. The highest BCUT2D eigenvalue weighted by atomic mass is 19.1. The van der Waals surface area contributed by atoms with E-state index in [0.717, 1.165) is 24.1 Å². The number of benzene rings is 1. The van der Waals surface area contributed by atoms with Crippen LogP contribution >= 0.6 is 0 Å². The quantitative estimate of drug-likeness (QED) is 0.302. The number of carboxylic acids is 1. The zero-order valence-electron chi connectivity index (χ0n) is 23.5. The van der Waals surface area contributed by atoms with E-state index in [1.54, 1.807) is 21.5 Å². The fourth-order valence-corrected chi connectivity index (χ4v) is 5.43. The Bertz CT molecular complexity index is 1710. The molecule has 0 spiro atoms. The third-order valence-electron chi connectivity index (χ3n) is 8.06. The normalized spacial score (nSPS) is 17.2. The molecular weight excluding hydrogens is 537 g/mol. The first-order valence-electron chi connectivity index (χ1n) is 14.2. The average molecular weight is 570 g/mol. The number of carbonyl (C=O) groups is 2. The van der Waals surface area contributed by atoms with Gasteiger partial charge in [0.1, 0.15) is 22.9 Å². The lowest BCUT2D eigenvalue weighted by Gasteiger charge is -2.16. The second-order valence-corrected chi connectivity index (χ2v) is 10.9. The van der Waals surface area contributed by atoms with E-state index in [1.807, 2.05) is 19.1 Å². The first-order chi connectivity index (χ1) is 20.3. The SMILES string of the molecule is C/C=C(/C)c1ccccc1CCNC(=O)c1cc(C2CC2)n2nc(-c3ncc(N4CC[C@H](C(=O)O)C4)nc3F)cc2n1. The molecule has 11 heteroatoms. The van der Waals surface area contributed by atoms with Crippen molar-refractivity contribution in [3.8, 4) is 11.4 Å². The van der Waals surface area contributed by atoms with E-state index in [0.29, 0.717) is 37.4 Å². The predicted molar refractivity (Wildman–Crippen MR) is 156 cm³/mol. The molecule has 0 bridgehead atoms. The summed E-state index contributed by atoms with van der Waals surface area (Å²) in [5.74, 6) is -1.91. The summed E-state index contributed by atoms with van der Waals surface area (Å²) in [6, 6.07) is 11.6. The molecule has 6 rings (SSSR count). The van der Waals surface area contributed by atoms with Crippen LogP contribution in [0.1, 0.15) is 66.3 Å². The van der Waals surface area contributed by atoms with Crippen molar-refractivity contribution < 1.29 is 19.1 Å². The monoisotopic (exact) mass is 569 g/mol. The van der Waals surface area contributed by atoms with Crippen LogP contribution in [0, 0.1) is 11.9 Å². The molecule has 1 saturated heterocycles. The molecule has 3 aromatic heterocycles. The molecule has 0 radical (unpaired) electrons. The van der Waals surface area contributed by atoms with Crippen molar-refractivity contribution in [1.82, 2.24) is 29.9 Å². The summed E-state index contributed by atoms with van der Waals surface area (Å²) in [4.78, 5) is 39.1. The molecule has 10 nitrogen and oxygen atoms in total. The predicted octanol–water partition coefficient (Wildman–Crippen LogP) is 4.51. The summed E-state index contributed by atoms with van der Waals surface area (Å²) < 4.78 is 16.8. The summed E-state index contributed by atoms with van der Waals surface area (Å²) >= 11 is 0. The van der Waals surface area contributed by atoms with Gasteiger partial charge in [0.2, 0.25) is 5.95 Å². The van der Waals surface area contributed by atoms with E-state index >= 15 is 4.39 Å². The van der Waals surface area contributed by atoms with E-state index in [-0.39, 0.29) is 35.5 Å². The van der Waals surface area contributed by atoms with Gasteiger partial charge in [-0.05, 0) is 62.3 Å². The van der Waals surface area contributed by atoms with Crippen molar-refractivity contribution >= 4 is 28.9 Å². The van der Waals surface area contributed by atoms with Crippen LogP contribution in [-0.2, 0) is 11.2 Å². The van der Waals surface area contributed by atoms with E-state index in [9.17, 15) is 14.7 Å². The molecular formula is C31H32FN7O3. The molecule has 1 atom stereocenters. The van der Waals surface area contributed by atoms with Crippen LogP contribution < -0.4 is 10.2 Å². The minimum Gasteiger partial charge on any atom is -0.481 e. The topological polar surface area (TPSA) is 126 Å². The fourth-order valence-electron chi connectivity index (χ4n) is 5.43. The van der Waals surface area contributed by atoms with Crippen molar-refractivity contribution in [3.05, 3.63) is 77.1 Å². The van der Waals surface area contributed by atoms with Gasteiger partial charge in [-0.1, -0.05) is 30.3 Å². The van der Waals surface area contributed by atoms with Gasteiger partial charge in [0.05, 0.1) is 12.1 Å². The third-order valence-corrected chi connectivity index (χ3v) is 8.06. The van der Waals surface area contributed by atoms with Gasteiger partial charge in [-0.25, -0.2) is 14.5 Å². The number of anilines is 1. The number of hydrogen-bond donors (Lipinski definition) is 2. The smallest absolute Gasteiger partial charge is 0.308 e. The van der Waals surface area contributed by atoms with Crippen LogP contribution in [0.4, 0.5) is 10.2 Å². The van der Waals surface area contributed by atoms with Gasteiger partial charge < -0.3 is 15.3 Å². The molecule has 216 valence electrons. The molecule has 42 heavy (non-hydrogen) atoms. The van der Waals surface area contributed by atoms with E-state index < -0.39 is 17.8 Å². The number of hydrogen-bond acceptors (Lipinski definition) is 7. The maximum Gasteiger partial charge on any atom is 0.308 e. The minimum atomic E-state index is -0.871. The lowest BCUT2D eigenvalue weighted by molar-refractivity contribution is -0.140. The lowest BCUT2D eigenvalue weighted by Crippen LogP contribution is -2.27. The van der Waals surface area contributed by atoms with Crippen LogP contribution in [0.2, 0.25) is 0 Å². The van der Waals surface area contributed by atoms with E-state index in [4.69, 9.17) is 0 Å². The number of nitrogens with zero attached hydrogens (tertiary/aromatic N) is 6. The Morgan fingerprint density at radius 3 is 2.69 bits per heavy atom. The number of nitrogens with one attached hydrogen (secondary N) is 1. The Hall–Kier alpha value is -4.67. The van der Waals surface area contributed by atoms with Gasteiger partial charge in [0.15, 0.2) is 5.65 Å². The summed E-state index contributed by atoms with van der Waals surface area (Å²) in [5, 5.41) is 16.8. The molecule has 2 N–H and O–H groups in total. The molecule has 4 heterocycles. The van der Waals surface area contributed by atoms with Crippen LogP contribution in [0.25, 0.3) is 22.6 Å². The molecule has 1 aliphatic heterocycles. The first-order valence-corrected chi connectivity index (χ1v) is 14.2. The molecule has 2 fully saturated rings. The first kappa shape index (κ1) is 27.5. The van der Waals surface area contributed by atoms with Crippen LogP contribution in [0.15, 0.2) is 48.7 Å². The Labute approximate surface area is 242 Å². The Morgan fingerprint density at radius 2 is 1.98 bits per heavy atom. The van der Waals surface area contributed by atoms with Crippen molar-refractivity contribution in [1.29, 1.82) is 0 Å². The third kappa shape index (κ3) is 5.46. The Balaban J connectivity index is 1.22. The van der Waals surface area contributed by atoms with Crippen LogP contribution in [0.5, 0.6) is 0 Å². The van der Waals surface area contributed by atoms with Gasteiger partial charge in [0, 0.05) is 37.3 Å². The number of rotatable bonds is 9. The van der Waals surface area contributed by atoms with Gasteiger partial charge in [-0.2, -0.15) is 14.5 Å². The number of allylic oxidation sites excluding steroid dienone is 2. The molecule has 1 aromatic carbocycles. The summed E-state index contributed by atoms with van der Waals surface area (Å²) in [6.07, 6.45) is 6.63. The van der Waals surface area contributed by atoms with Gasteiger partial charge in [-0.3, -0.25) is 9.59 Å². The second kappa shape index (κ2) is 11.3. The zero-order valence-corrected chi connectivity index (χ0v) is 23.5. The number of aliphatic carboxylic acids is 1. The maximum absolute atomic E-state index is 15.2. The fraction of sp³-hybridized carbons (Fsp3) is 0.355. The maximum atomic E-state index is 15.2. The Morgan fingerprint density at radius 1 is 1.17 bits per heavy atom. The van der Waals surface area contributed by atoms with E-state index in [1.165, 1.54) is 17.3 Å². The zero-order chi connectivity index (χ0) is 29.4. The molecule has 1 saturated carbocycles. The highest BCUT2D eigenvalue weighted by Gasteiger charge is 2.31. The van der Waals surface area contributed by atoms with Crippen molar-refractivity contribution in [3.63, 3.8) is 0 Å². The van der Waals surface area contributed by atoms with E-state index in [2.05, 4.69) is 50.5 Å². The number of halogens is 1. The summed E-state index contributed by atoms with van der Waals surface area (Å²) in [7, 11) is 0. The van der Waals surface area contributed by atoms with Gasteiger partial charge in [-0.15, -0.1) is 0 Å². The lowest BCUT2D eigenvalue weighted by atomic mass is 9.98. The minimum absolute atomic E-state index is 0.0268. The average Bonchev–Trinajstić information content (AvgIpc) is 3.54. The number of amides is 1. The van der Waals surface area contributed by atoms with Crippen LogP contribution in [-0.4, -0.2) is 61.2 Å². The number of carboxylic acid groups (broad SMARTS) is 1. The summed E-state index contributed by atoms with van der Waals surface area (Å²) in [5.41, 5.74) is 5.34. The number of fused-ring (bicyclic) bond motifs is 1. The second-order valence-electron chi connectivity index (χ2n) is 10.9. The van der Waals surface area contributed by atoms with Crippen LogP contribution in [0.3, 0.4) is 0 Å². The molecule has 0 unspecified atom stereocenters. The Kier molecular flexibility index (Phi) is 7.40. The number of carbonyl (C=O) groups excluding carboxylic acids is 1. The van der Waals surface area contributed by atoms with Gasteiger partial charge >= 0.3 is 5.97 Å². The highest BCUT2D eigenvalue weighted by Crippen LogP contribution is 2.40. The van der Waals surface area contributed by atoms with Crippen molar-refractivity contribution in [2.75, 3.05) is 24.5 Å².